The van der Waals surface area contributed by atoms with Gasteiger partial charge in [-0.1, -0.05) is 0 Å². The van der Waals surface area contributed by atoms with E-state index in [4.69, 9.17) is 0 Å². The molecule has 0 N–H and O–H groups in total. The summed E-state index contributed by atoms with van der Waals surface area (Å²) < 4.78 is 0. The van der Waals surface area contributed by atoms with Gasteiger partial charge in [0, 0.05) is 41.2 Å². The van der Waals surface area contributed by atoms with Crippen LogP contribution in [0.5, 0.6) is 0 Å². The van der Waals surface area contributed by atoms with Gasteiger partial charge in [0.15, 0.2) is 0 Å². The molecule has 0 saturated heterocycles. The summed E-state index contributed by atoms with van der Waals surface area (Å²) in [5, 5.41) is 0. The molecule has 0 spiro atoms. The predicted octanol–water partition coefficient (Wildman–Crippen LogP) is -2.37. The molecule has 0 nitrogen and oxygen atoms in total. The Bertz CT molecular complexity index is 8.00. The van der Waals surface area contributed by atoms with Crippen LogP contribution in [0.2, 0.25) is 0 Å². The van der Waals surface area contributed by atoms with Gasteiger partial charge in [0.05, 0.1) is 0 Å². The van der Waals surface area contributed by atoms with Crippen molar-refractivity contribution in [3.63, 3.8) is 0 Å². The van der Waals surface area contributed by atoms with E-state index < -0.39 is 0 Å². The Labute approximate surface area is 85.3 Å². The molecular weight excluding hydrogens is 298 g/mol. The van der Waals surface area contributed by atoms with Crippen molar-refractivity contribution in [2.45, 2.75) is 0 Å². The summed E-state index contributed by atoms with van der Waals surface area (Å²) in [6, 6.07) is 0. The van der Waals surface area contributed by atoms with Crippen molar-refractivity contribution < 1.29 is 41.2 Å². The first kappa shape index (κ1) is 28.9. The second-order valence-electron chi connectivity index (χ2n) is 0. The minimum atomic E-state index is 0. The van der Waals surface area contributed by atoms with Crippen LogP contribution < -0.4 is 0 Å². The van der Waals surface area contributed by atoms with Gasteiger partial charge >= 0.3 is 45.6 Å². The zero-order valence-corrected chi connectivity index (χ0v) is 5.74. The summed E-state index contributed by atoms with van der Waals surface area (Å²) in [5.74, 6) is 0. The van der Waals surface area contributed by atoms with Gasteiger partial charge in [0.25, 0.3) is 0 Å². The van der Waals surface area contributed by atoms with Crippen molar-refractivity contribution >= 4 is 45.6 Å². The van der Waals surface area contributed by atoms with Gasteiger partial charge < -0.3 is 0 Å². The monoisotopic (exact) mass is 302 g/mol. The molecule has 0 atom stereocenters. The molecule has 18 valence electrons. The molecule has 0 bridgehead atoms. The summed E-state index contributed by atoms with van der Waals surface area (Å²) in [5.41, 5.74) is 0. The molecule has 0 unspecified atom stereocenters. The second-order valence-corrected chi connectivity index (χ2v) is 0. The van der Waals surface area contributed by atoms with Gasteiger partial charge in [-0.15, -0.1) is 0 Å². The van der Waals surface area contributed by atoms with Crippen LogP contribution in [0.4, 0.5) is 0 Å². The third-order valence-electron chi connectivity index (χ3n) is 0. The van der Waals surface area contributed by atoms with Crippen LogP contribution in [-0.2, 0) is 41.2 Å². The van der Waals surface area contributed by atoms with Crippen molar-refractivity contribution in [2.75, 3.05) is 0 Å². The Morgan fingerprint density at radius 1 is 1.00 bits per heavy atom. The van der Waals surface area contributed by atoms with Crippen LogP contribution in [0, 0.1) is 0 Å². The van der Waals surface area contributed by atoms with Crippen LogP contribution in [0.15, 0.2) is 0 Å². The van der Waals surface area contributed by atoms with Gasteiger partial charge in [0.1, 0.15) is 0 Å². The Morgan fingerprint density at radius 2 is 1.00 bits per heavy atom. The maximum absolute atomic E-state index is 0. The van der Waals surface area contributed by atoms with Crippen LogP contribution in [0.3, 0.4) is 0 Å². The normalized spacial score (nSPS) is 0. The van der Waals surface area contributed by atoms with Crippen LogP contribution in [0.1, 0.15) is 0 Å². The van der Waals surface area contributed by atoms with E-state index in [9.17, 15) is 0 Å². The molecule has 0 heterocycles. The molecule has 0 aromatic rings. The van der Waals surface area contributed by atoms with E-state index in [2.05, 4.69) is 0 Å². The average molecular weight is 304 g/mol. The quantitative estimate of drug-likeness (QED) is 0.439. The fourth-order valence-electron chi connectivity index (χ4n) is 0. The summed E-state index contributed by atoms with van der Waals surface area (Å²) in [6.45, 7) is 0. The summed E-state index contributed by atoms with van der Waals surface area (Å²) >= 11 is 0. The van der Waals surface area contributed by atoms with Crippen molar-refractivity contribution in [3.8, 4) is 0 Å². The molecule has 0 aromatic heterocycles. The zero-order valence-electron chi connectivity index (χ0n) is 1.21. The van der Waals surface area contributed by atoms with Crippen LogP contribution in [-0.4, -0.2) is 45.6 Å². The maximum Gasteiger partial charge on any atom is 0 e. The topological polar surface area (TPSA) is 0 Å². The smallest absolute Gasteiger partial charge is 0 e. The minimum Gasteiger partial charge on any atom is 0 e. The van der Waals surface area contributed by atoms with Gasteiger partial charge in [-0.2, -0.15) is 0 Å². The predicted molar refractivity (Wildman–Crippen MR) is 19.9 cm³/mol. The van der Waals surface area contributed by atoms with Gasteiger partial charge in [0.2, 0.25) is 0 Å². The van der Waals surface area contributed by atoms with E-state index in [0.29, 0.717) is 0 Å². The van der Waals surface area contributed by atoms with Crippen LogP contribution in [0.25, 0.3) is 0 Å². The Balaban J connectivity index is 0. The van der Waals surface area contributed by atoms with Gasteiger partial charge in [-0.3, -0.25) is 0 Å². The third-order valence-corrected chi connectivity index (χ3v) is 0. The SMILES string of the molecule is [GaH3].[InH3].[Ti].[Zn]. The van der Waals surface area contributed by atoms with Gasteiger partial charge in [-0.05, 0) is 0 Å². The zero-order chi connectivity index (χ0) is 0. The number of rotatable bonds is 0. The van der Waals surface area contributed by atoms with E-state index in [1.54, 1.807) is 0 Å². The number of hydrogen-bond acceptors (Lipinski definition) is 0. The second kappa shape index (κ2) is 17.0. The molecule has 4 heteroatoms. The van der Waals surface area contributed by atoms with Crippen LogP contribution >= 0.6 is 0 Å². The van der Waals surface area contributed by atoms with Crippen molar-refractivity contribution in [3.05, 3.63) is 0 Å². The molecule has 0 amide bonds. The minimum absolute atomic E-state index is 0. The molecule has 0 aliphatic rings. The summed E-state index contributed by atoms with van der Waals surface area (Å²) in [7, 11) is 0. The Hall–Kier alpha value is 2.84. The maximum atomic E-state index is 0. The Morgan fingerprint density at radius 3 is 1.00 bits per heavy atom. The van der Waals surface area contributed by atoms with E-state index >= 15 is 0 Å². The van der Waals surface area contributed by atoms with E-state index in [1.807, 2.05) is 0 Å². The first-order valence-corrected chi connectivity index (χ1v) is 0. The average Bonchev–Trinajstić information content (AvgIpc) is 0. The molecule has 0 aromatic carbocycles. The standard InChI is InChI=1S/Ga.In.Ti.Zn.6H. The summed E-state index contributed by atoms with van der Waals surface area (Å²) in [6.07, 6.45) is 0. The molecule has 0 saturated carbocycles. The number of hydrogen-bond donors (Lipinski definition) is 0. The van der Waals surface area contributed by atoms with Crippen molar-refractivity contribution in [1.29, 1.82) is 0 Å². The fraction of sp³-hybridized carbons (Fsp3) is 0. The van der Waals surface area contributed by atoms with Crippen molar-refractivity contribution in [2.24, 2.45) is 0 Å². The van der Waals surface area contributed by atoms with E-state index in [1.165, 1.54) is 0 Å². The molecule has 4 heavy (non-hydrogen) atoms. The van der Waals surface area contributed by atoms with E-state index in [-0.39, 0.29) is 86.8 Å². The van der Waals surface area contributed by atoms with E-state index in [0.717, 1.165) is 0 Å². The van der Waals surface area contributed by atoms with Crippen molar-refractivity contribution in [1.82, 2.24) is 0 Å². The third kappa shape index (κ3) is 8.85. The first-order chi connectivity index (χ1) is 0. The molecule has 0 aliphatic heterocycles. The Kier molecular flexibility index (Phi) is 122. The first-order valence-electron chi connectivity index (χ1n) is 0. The molecular formula is H6GaInTiZn. The largest absolute Gasteiger partial charge is 0 e. The molecule has 0 rings (SSSR count). The fourth-order valence-corrected chi connectivity index (χ4v) is 0. The van der Waals surface area contributed by atoms with Gasteiger partial charge in [-0.25, -0.2) is 0 Å². The molecule has 0 fully saturated rings. The summed E-state index contributed by atoms with van der Waals surface area (Å²) in [4.78, 5) is 0. The molecule has 0 aliphatic carbocycles. The molecule has 0 radical (unpaired) electrons.